The van der Waals surface area contributed by atoms with E-state index in [1.807, 2.05) is 30.9 Å². The zero-order valence-electron chi connectivity index (χ0n) is 21.0. The van der Waals surface area contributed by atoms with E-state index < -0.39 is 23.1 Å². The van der Waals surface area contributed by atoms with Crippen molar-refractivity contribution in [2.75, 3.05) is 18.0 Å². The Labute approximate surface area is 215 Å². The maximum atomic E-state index is 15.1. The van der Waals surface area contributed by atoms with Crippen LogP contribution in [0.3, 0.4) is 0 Å². The fourth-order valence-electron chi connectivity index (χ4n) is 4.52. The van der Waals surface area contributed by atoms with Gasteiger partial charge in [0.05, 0.1) is 18.2 Å². The van der Waals surface area contributed by atoms with Crippen LogP contribution in [-0.4, -0.2) is 43.7 Å². The van der Waals surface area contributed by atoms with Gasteiger partial charge in [-0.25, -0.2) is 19.3 Å². The molecule has 4 aromatic rings. The van der Waals surface area contributed by atoms with Gasteiger partial charge in [-0.2, -0.15) is 13.2 Å². The number of pyridine rings is 1. The molecule has 0 radical (unpaired) electrons. The largest absolute Gasteiger partial charge is 0.416 e. The van der Waals surface area contributed by atoms with Gasteiger partial charge in [-0.3, -0.25) is 14.3 Å². The molecule has 1 saturated heterocycles. The van der Waals surface area contributed by atoms with Crippen LogP contribution in [-0.2, 0) is 18.0 Å². The molecule has 0 amide bonds. The first-order valence-corrected chi connectivity index (χ1v) is 11.9. The average Bonchev–Trinajstić information content (AvgIpc) is 2.86. The molecule has 1 aliphatic rings. The van der Waals surface area contributed by atoms with Crippen molar-refractivity contribution in [3.05, 3.63) is 75.3 Å². The first kappa shape index (κ1) is 25.7. The minimum Gasteiger partial charge on any atom is -0.367 e. The van der Waals surface area contributed by atoms with Gasteiger partial charge in [0.1, 0.15) is 29.0 Å². The number of rotatable bonds is 3. The first-order chi connectivity index (χ1) is 17.9. The van der Waals surface area contributed by atoms with E-state index in [2.05, 4.69) is 19.9 Å². The van der Waals surface area contributed by atoms with Crippen LogP contribution in [0, 0.1) is 19.7 Å². The molecule has 1 aliphatic heterocycles. The van der Waals surface area contributed by atoms with Gasteiger partial charge in [0.25, 0.3) is 5.56 Å². The molecule has 0 N–H and O–H groups in total. The third-order valence-electron chi connectivity index (χ3n) is 6.53. The smallest absolute Gasteiger partial charge is 0.367 e. The van der Waals surface area contributed by atoms with Gasteiger partial charge in [-0.1, -0.05) is 0 Å². The first-order valence-electron chi connectivity index (χ1n) is 11.9. The van der Waals surface area contributed by atoms with E-state index >= 15 is 4.39 Å². The summed E-state index contributed by atoms with van der Waals surface area (Å²) in [7, 11) is 1.53. The van der Waals surface area contributed by atoms with Crippen LogP contribution in [0.1, 0.15) is 35.7 Å². The molecular weight excluding hydrogens is 504 g/mol. The Kier molecular flexibility index (Phi) is 6.38. The quantitative estimate of drug-likeness (QED) is 0.361. The summed E-state index contributed by atoms with van der Waals surface area (Å²) in [5, 5.41) is 0. The van der Waals surface area contributed by atoms with Gasteiger partial charge in [-0.15, -0.1) is 0 Å². The van der Waals surface area contributed by atoms with Crippen LogP contribution in [0.5, 0.6) is 0 Å². The number of hydrogen-bond donors (Lipinski definition) is 0. The summed E-state index contributed by atoms with van der Waals surface area (Å²) >= 11 is 0. The Bertz CT molecular complexity index is 1600. The molecule has 4 heterocycles. The van der Waals surface area contributed by atoms with Crippen molar-refractivity contribution in [2.45, 2.75) is 39.2 Å². The van der Waals surface area contributed by atoms with E-state index in [-0.39, 0.29) is 40.4 Å². The Morgan fingerprint density at radius 3 is 2.47 bits per heavy atom. The van der Waals surface area contributed by atoms with Gasteiger partial charge < -0.3 is 9.64 Å². The molecule has 38 heavy (non-hydrogen) atoms. The second-order valence-electron chi connectivity index (χ2n) is 9.36. The predicted molar refractivity (Wildman–Crippen MR) is 132 cm³/mol. The lowest BCUT2D eigenvalue weighted by atomic mass is 10.1. The Morgan fingerprint density at radius 2 is 1.79 bits per heavy atom. The second kappa shape index (κ2) is 9.43. The number of ether oxygens (including phenoxy) is 1. The zero-order valence-corrected chi connectivity index (χ0v) is 21.0. The van der Waals surface area contributed by atoms with Gasteiger partial charge in [0.2, 0.25) is 5.95 Å². The number of morpholine rings is 1. The lowest BCUT2D eigenvalue weighted by Crippen LogP contribution is -2.44. The summed E-state index contributed by atoms with van der Waals surface area (Å²) in [4.78, 5) is 32.7. The molecule has 1 fully saturated rings. The monoisotopic (exact) mass is 528 g/mol. The number of halogens is 4. The summed E-state index contributed by atoms with van der Waals surface area (Å²) in [6, 6.07) is 5.95. The summed E-state index contributed by atoms with van der Waals surface area (Å²) in [5.41, 5.74) is -0.215. The van der Waals surface area contributed by atoms with Crippen LogP contribution >= 0.6 is 0 Å². The molecule has 2 atom stereocenters. The zero-order chi connectivity index (χ0) is 27.4. The van der Waals surface area contributed by atoms with Crippen LogP contribution in [0.4, 0.5) is 23.5 Å². The van der Waals surface area contributed by atoms with Gasteiger partial charge in [0, 0.05) is 31.0 Å². The molecule has 12 heteroatoms. The summed E-state index contributed by atoms with van der Waals surface area (Å²) in [6.07, 6.45) is -3.63. The molecule has 5 rings (SSSR count). The average molecular weight is 529 g/mol. The van der Waals surface area contributed by atoms with E-state index in [0.717, 1.165) is 23.4 Å². The molecule has 0 spiro atoms. The molecule has 0 saturated carbocycles. The van der Waals surface area contributed by atoms with E-state index in [1.165, 1.54) is 11.6 Å². The van der Waals surface area contributed by atoms with Crippen molar-refractivity contribution in [3.63, 3.8) is 0 Å². The third-order valence-corrected chi connectivity index (χ3v) is 6.53. The van der Waals surface area contributed by atoms with Crippen LogP contribution in [0.2, 0.25) is 0 Å². The highest BCUT2D eigenvalue weighted by atomic mass is 19.4. The summed E-state index contributed by atoms with van der Waals surface area (Å²) in [5.74, 6) is -0.688. The fourth-order valence-corrected chi connectivity index (χ4v) is 4.52. The summed E-state index contributed by atoms with van der Waals surface area (Å²) in [6.45, 7) is 6.05. The Balaban J connectivity index is 1.68. The van der Waals surface area contributed by atoms with Crippen molar-refractivity contribution in [1.29, 1.82) is 0 Å². The number of anilines is 1. The molecule has 0 unspecified atom stereocenters. The number of alkyl halides is 3. The van der Waals surface area contributed by atoms with E-state index in [1.54, 1.807) is 13.1 Å². The standard InChI is InChI=1S/C26H24F4N6O2/c1-13-9-16(7-8-31-13)20-12-36(11-14(2)38-20)25-33-21(18-6-5-17(10-19(18)27)26(28,29)30)22-23(34-25)24(37)35(4)15(3)32-22/h5-10,14,20H,11-12H2,1-4H3/t14-,20-/m0/s1. The number of aromatic nitrogens is 5. The van der Waals surface area contributed by atoms with Crippen LogP contribution in [0.25, 0.3) is 22.3 Å². The van der Waals surface area contributed by atoms with Crippen molar-refractivity contribution in [3.8, 4) is 11.3 Å². The highest BCUT2D eigenvalue weighted by molar-refractivity contribution is 5.89. The molecule has 0 aliphatic carbocycles. The van der Waals surface area contributed by atoms with Crippen molar-refractivity contribution in [1.82, 2.24) is 24.5 Å². The third kappa shape index (κ3) is 4.71. The molecule has 1 aromatic carbocycles. The molecule has 8 nitrogen and oxygen atoms in total. The fraction of sp³-hybridized carbons (Fsp3) is 0.346. The highest BCUT2D eigenvalue weighted by Gasteiger charge is 2.33. The molecule has 198 valence electrons. The van der Waals surface area contributed by atoms with E-state index in [9.17, 15) is 18.0 Å². The van der Waals surface area contributed by atoms with Crippen molar-refractivity contribution < 1.29 is 22.3 Å². The maximum Gasteiger partial charge on any atom is 0.416 e. The Morgan fingerprint density at radius 1 is 1.03 bits per heavy atom. The maximum absolute atomic E-state index is 15.1. The summed E-state index contributed by atoms with van der Waals surface area (Å²) < 4.78 is 62.1. The lowest BCUT2D eigenvalue weighted by molar-refractivity contribution is -0.137. The number of hydrogen-bond acceptors (Lipinski definition) is 7. The highest BCUT2D eigenvalue weighted by Crippen LogP contribution is 2.35. The number of fused-ring (bicyclic) bond motifs is 1. The number of benzene rings is 1. The predicted octanol–water partition coefficient (Wildman–Crippen LogP) is 4.53. The lowest BCUT2D eigenvalue weighted by Gasteiger charge is -2.37. The minimum atomic E-state index is -4.71. The second-order valence-corrected chi connectivity index (χ2v) is 9.36. The molecule has 0 bridgehead atoms. The SMILES string of the molecule is Cc1cc([C@@H]2CN(c3nc(-c4ccc(C(F)(F)F)cc4F)c4nc(C)n(C)c(=O)c4n3)C[C@H](C)O2)ccn1. The van der Waals surface area contributed by atoms with Crippen LogP contribution < -0.4 is 10.5 Å². The molecule has 3 aromatic heterocycles. The Hall–Kier alpha value is -3.93. The van der Waals surface area contributed by atoms with Gasteiger partial charge in [-0.05, 0) is 56.7 Å². The normalized spacial score (nSPS) is 18.3. The molecular formula is C26H24F4N6O2. The topological polar surface area (TPSA) is 86.0 Å². The number of nitrogens with zero attached hydrogens (tertiary/aromatic N) is 6. The van der Waals surface area contributed by atoms with Gasteiger partial charge >= 0.3 is 6.18 Å². The van der Waals surface area contributed by atoms with Crippen molar-refractivity contribution in [2.24, 2.45) is 7.05 Å². The van der Waals surface area contributed by atoms with E-state index in [0.29, 0.717) is 25.0 Å². The minimum absolute atomic E-state index is 0.00984. The van der Waals surface area contributed by atoms with E-state index in [4.69, 9.17) is 4.74 Å². The number of aryl methyl sites for hydroxylation is 2. The van der Waals surface area contributed by atoms with Crippen molar-refractivity contribution >= 4 is 17.0 Å². The van der Waals surface area contributed by atoms with Gasteiger partial charge in [0.15, 0.2) is 5.52 Å². The van der Waals surface area contributed by atoms with Crippen LogP contribution in [0.15, 0.2) is 41.3 Å².